The van der Waals surface area contributed by atoms with Crippen LogP contribution < -0.4 is 11.1 Å². The highest BCUT2D eigenvalue weighted by atomic mass is 16.1. The van der Waals surface area contributed by atoms with Crippen LogP contribution in [-0.2, 0) is 4.79 Å². The summed E-state index contributed by atoms with van der Waals surface area (Å²) in [5.41, 5.74) is 4.94. The van der Waals surface area contributed by atoms with E-state index in [1.165, 1.54) is 19.3 Å². The molecule has 0 fully saturated rings. The van der Waals surface area contributed by atoms with E-state index in [-0.39, 0.29) is 11.9 Å². The second-order valence-electron chi connectivity index (χ2n) is 6.24. The van der Waals surface area contributed by atoms with Gasteiger partial charge < -0.3 is 16.0 Å². The molecule has 0 spiro atoms. The maximum Gasteiger partial charge on any atom is 0.237 e. The lowest BCUT2D eigenvalue weighted by Gasteiger charge is -2.35. The predicted molar refractivity (Wildman–Crippen MR) is 82.1 cm³/mol. The second kappa shape index (κ2) is 8.54. The van der Waals surface area contributed by atoms with Gasteiger partial charge in [0.1, 0.15) is 0 Å². The van der Waals surface area contributed by atoms with Gasteiger partial charge in [-0.2, -0.15) is 0 Å². The molecule has 0 saturated carbocycles. The smallest absolute Gasteiger partial charge is 0.237 e. The Hall–Kier alpha value is -0.610. The normalized spacial score (nSPS) is 16.6. The van der Waals surface area contributed by atoms with Crippen molar-refractivity contribution in [3.8, 4) is 0 Å². The molecule has 0 saturated heterocycles. The summed E-state index contributed by atoms with van der Waals surface area (Å²) in [5.74, 6) is -0.269. The number of carbonyl (C=O) groups is 1. The molecular formula is C15H33N3O. The van der Waals surface area contributed by atoms with Crippen LogP contribution in [-0.4, -0.2) is 42.0 Å². The molecule has 3 N–H and O–H groups in total. The van der Waals surface area contributed by atoms with Crippen LogP contribution in [0.4, 0.5) is 0 Å². The fraction of sp³-hybridized carbons (Fsp3) is 0.933. The third-order valence-corrected chi connectivity index (χ3v) is 3.72. The minimum absolute atomic E-state index is 0.245. The highest BCUT2D eigenvalue weighted by Gasteiger charge is 2.33. The number of hydrogen-bond acceptors (Lipinski definition) is 3. The summed E-state index contributed by atoms with van der Waals surface area (Å²) in [6, 6.07) is 0.579. The molecule has 114 valence electrons. The molecule has 0 aromatic carbocycles. The summed E-state index contributed by atoms with van der Waals surface area (Å²) in [4.78, 5) is 14.0. The Morgan fingerprint density at radius 3 is 2.32 bits per heavy atom. The van der Waals surface area contributed by atoms with Crippen molar-refractivity contribution < 1.29 is 4.79 Å². The topological polar surface area (TPSA) is 58.4 Å². The molecule has 4 heteroatoms. The molecule has 0 aliphatic heterocycles. The lowest BCUT2D eigenvalue weighted by molar-refractivity contribution is -0.124. The number of amides is 1. The van der Waals surface area contributed by atoms with Gasteiger partial charge in [-0.05, 0) is 54.1 Å². The zero-order valence-electron chi connectivity index (χ0n) is 13.6. The van der Waals surface area contributed by atoms with E-state index in [0.29, 0.717) is 6.04 Å². The van der Waals surface area contributed by atoms with Crippen molar-refractivity contribution in [1.29, 1.82) is 0 Å². The van der Waals surface area contributed by atoms with Gasteiger partial charge in [0.2, 0.25) is 5.91 Å². The van der Waals surface area contributed by atoms with E-state index < -0.39 is 5.54 Å². The van der Waals surface area contributed by atoms with Crippen LogP contribution in [0.2, 0.25) is 0 Å². The van der Waals surface area contributed by atoms with Crippen molar-refractivity contribution >= 4 is 5.91 Å². The Kier molecular flexibility index (Phi) is 8.26. The number of nitrogens with zero attached hydrogens (tertiary/aromatic N) is 1. The van der Waals surface area contributed by atoms with E-state index in [2.05, 4.69) is 31.1 Å². The average Bonchev–Trinajstić information content (AvgIpc) is 2.27. The molecule has 4 nitrogen and oxygen atoms in total. The SMILES string of the molecule is CCCCCN(C)C(C)CC(C)(NC(C)C)C(N)=O. The van der Waals surface area contributed by atoms with E-state index in [4.69, 9.17) is 5.73 Å². The summed E-state index contributed by atoms with van der Waals surface area (Å²) in [6.07, 6.45) is 4.44. The molecule has 1 amide bonds. The highest BCUT2D eigenvalue weighted by molar-refractivity contribution is 5.84. The first-order valence-corrected chi connectivity index (χ1v) is 7.50. The van der Waals surface area contributed by atoms with Gasteiger partial charge in [0.15, 0.2) is 0 Å². The minimum atomic E-state index is -0.632. The van der Waals surface area contributed by atoms with Crippen molar-refractivity contribution in [2.45, 2.75) is 77.9 Å². The maximum atomic E-state index is 11.7. The van der Waals surface area contributed by atoms with Crippen LogP contribution in [0.25, 0.3) is 0 Å². The van der Waals surface area contributed by atoms with Crippen molar-refractivity contribution in [2.75, 3.05) is 13.6 Å². The molecule has 0 radical (unpaired) electrons. The van der Waals surface area contributed by atoms with Crippen molar-refractivity contribution in [1.82, 2.24) is 10.2 Å². The van der Waals surface area contributed by atoms with E-state index in [0.717, 1.165) is 13.0 Å². The lowest BCUT2D eigenvalue weighted by Crippen LogP contribution is -2.58. The van der Waals surface area contributed by atoms with Gasteiger partial charge in [-0.1, -0.05) is 19.8 Å². The summed E-state index contributed by atoms with van der Waals surface area (Å²) in [7, 11) is 2.12. The lowest BCUT2D eigenvalue weighted by atomic mass is 9.91. The minimum Gasteiger partial charge on any atom is -0.368 e. The van der Waals surface area contributed by atoms with E-state index in [1.807, 2.05) is 20.8 Å². The second-order valence-corrected chi connectivity index (χ2v) is 6.24. The number of carbonyl (C=O) groups excluding carboxylic acids is 1. The number of nitrogens with two attached hydrogens (primary N) is 1. The first kappa shape index (κ1) is 18.4. The molecular weight excluding hydrogens is 238 g/mol. The summed E-state index contributed by atoms with van der Waals surface area (Å²) < 4.78 is 0. The number of nitrogens with one attached hydrogen (secondary N) is 1. The molecule has 0 rings (SSSR count). The van der Waals surface area contributed by atoms with Gasteiger partial charge in [-0.25, -0.2) is 0 Å². The quantitative estimate of drug-likeness (QED) is 0.598. The van der Waals surface area contributed by atoms with Gasteiger partial charge in [-0.15, -0.1) is 0 Å². The molecule has 0 aliphatic rings. The van der Waals surface area contributed by atoms with Gasteiger partial charge in [0.05, 0.1) is 5.54 Å². The Morgan fingerprint density at radius 1 is 1.32 bits per heavy atom. The monoisotopic (exact) mass is 271 g/mol. The van der Waals surface area contributed by atoms with Crippen molar-refractivity contribution in [3.63, 3.8) is 0 Å². The molecule has 2 unspecified atom stereocenters. The fourth-order valence-electron chi connectivity index (χ4n) is 2.45. The van der Waals surface area contributed by atoms with Crippen molar-refractivity contribution in [3.05, 3.63) is 0 Å². The van der Waals surface area contributed by atoms with Gasteiger partial charge in [0.25, 0.3) is 0 Å². The molecule has 0 heterocycles. The molecule has 0 aromatic rings. The standard InChI is InChI=1S/C15H33N3O/c1-7-8-9-10-18(6)13(4)11-15(5,14(16)19)17-12(2)3/h12-13,17H,7-11H2,1-6H3,(H2,16,19). The molecule has 2 atom stereocenters. The van der Waals surface area contributed by atoms with Crippen LogP contribution in [0.1, 0.15) is 60.3 Å². The molecule has 0 aliphatic carbocycles. The van der Waals surface area contributed by atoms with Gasteiger partial charge in [-0.3, -0.25) is 4.79 Å². The van der Waals surface area contributed by atoms with Gasteiger partial charge in [0, 0.05) is 12.1 Å². The Bertz CT molecular complexity index is 268. The fourth-order valence-corrected chi connectivity index (χ4v) is 2.45. The van der Waals surface area contributed by atoms with Crippen LogP contribution in [0, 0.1) is 0 Å². The number of primary amides is 1. The average molecular weight is 271 g/mol. The summed E-state index contributed by atoms with van der Waals surface area (Å²) in [5, 5.41) is 3.31. The zero-order valence-corrected chi connectivity index (χ0v) is 13.6. The van der Waals surface area contributed by atoms with E-state index in [9.17, 15) is 4.79 Å². The third-order valence-electron chi connectivity index (χ3n) is 3.72. The predicted octanol–water partition coefficient (Wildman–Crippen LogP) is 2.13. The van der Waals surface area contributed by atoms with Crippen LogP contribution in [0.15, 0.2) is 0 Å². The highest BCUT2D eigenvalue weighted by Crippen LogP contribution is 2.17. The van der Waals surface area contributed by atoms with Crippen LogP contribution >= 0.6 is 0 Å². The maximum absolute atomic E-state index is 11.7. The summed E-state index contributed by atoms with van der Waals surface area (Å²) >= 11 is 0. The van der Waals surface area contributed by atoms with E-state index >= 15 is 0 Å². The molecule has 0 aromatic heterocycles. The Labute approximate surface area is 119 Å². The number of rotatable bonds is 10. The molecule has 19 heavy (non-hydrogen) atoms. The van der Waals surface area contributed by atoms with Crippen LogP contribution in [0.3, 0.4) is 0 Å². The molecule has 0 bridgehead atoms. The van der Waals surface area contributed by atoms with Gasteiger partial charge >= 0.3 is 0 Å². The van der Waals surface area contributed by atoms with E-state index in [1.54, 1.807) is 0 Å². The van der Waals surface area contributed by atoms with Crippen LogP contribution in [0.5, 0.6) is 0 Å². The summed E-state index contributed by atoms with van der Waals surface area (Å²) in [6.45, 7) is 11.4. The first-order chi connectivity index (χ1) is 8.73. The Morgan fingerprint density at radius 2 is 1.89 bits per heavy atom. The largest absolute Gasteiger partial charge is 0.368 e. The third kappa shape index (κ3) is 6.92. The first-order valence-electron chi connectivity index (χ1n) is 7.50. The van der Waals surface area contributed by atoms with Crippen molar-refractivity contribution in [2.24, 2.45) is 5.73 Å². The zero-order chi connectivity index (χ0) is 15.1. The Balaban J connectivity index is 4.45. The number of hydrogen-bond donors (Lipinski definition) is 2. The number of unbranched alkanes of at least 4 members (excludes halogenated alkanes) is 2.